The third-order valence-corrected chi connectivity index (χ3v) is 2.30. The number of rotatable bonds is 7. The highest BCUT2D eigenvalue weighted by Gasteiger charge is 2.17. The summed E-state index contributed by atoms with van der Waals surface area (Å²) in [6, 6.07) is 0. The molecule has 11 heteroatoms. The second-order valence-electron chi connectivity index (χ2n) is 2.13. The minimum atomic E-state index is -4.51. The molecule has 0 rings (SSSR count). The zero-order valence-electron chi connectivity index (χ0n) is 7.07. The van der Waals surface area contributed by atoms with Crippen molar-refractivity contribution in [3.05, 3.63) is 0 Å². The third kappa shape index (κ3) is 8.76. The van der Waals surface area contributed by atoms with Crippen molar-refractivity contribution in [3.63, 3.8) is 0 Å². The summed E-state index contributed by atoms with van der Waals surface area (Å²) in [5.41, 5.74) is 6.84. The van der Waals surface area contributed by atoms with Crippen LogP contribution in [0.3, 0.4) is 0 Å². The molecule has 6 N–H and O–H groups in total. The van der Waals surface area contributed by atoms with Crippen LogP contribution in [-0.2, 0) is 18.3 Å². The zero-order valence-corrected chi connectivity index (χ0v) is 8.86. The number of phosphoric acid groups is 1. The summed E-state index contributed by atoms with van der Waals surface area (Å²) in [5.74, 6) is 0. The Hall–Kier alpha value is 0.180. The van der Waals surface area contributed by atoms with Gasteiger partial charge in [0.15, 0.2) is 0 Å². The maximum atomic E-state index is 10.7. The molecule has 0 aliphatic rings. The first-order valence-electron chi connectivity index (χ1n) is 3.40. The number of hydrogen-bond acceptors (Lipinski definition) is 6. The fourth-order valence-electron chi connectivity index (χ4n) is 0.390. The number of phosphoric ester groups is 1. The fraction of sp³-hybridized carbons (Fsp3) is 1.00. The summed E-state index contributed by atoms with van der Waals surface area (Å²) in [4.78, 5) is 25.2. The Kier molecular flexibility index (Phi) is 5.99. The molecule has 1 unspecified atom stereocenters. The molecule has 9 nitrogen and oxygen atoms in total. The van der Waals surface area contributed by atoms with Gasteiger partial charge < -0.3 is 20.4 Å². The highest BCUT2D eigenvalue weighted by atomic mass is 31.2. The Morgan fingerprint density at radius 2 is 1.86 bits per heavy atom. The van der Waals surface area contributed by atoms with Gasteiger partial charge in [-0.1, -0.05) is 0 Å². The van der Waals surface area contributed by atoms with Gasteiger partial charge in [-0.15, -0.1) is 0 Å². The van der Waals surface area contributed by atoms with E-state index in [1.807, 2.05) is 5.48 Å². The van der Waals surface area contributed by atoms with Crippen molar-refractivity contribution in [2.24, 2.45) is 5.73 Å². The first-order chi connectivity index (χ1) is 6.27. The average Bonchev–Trinajstić information content (AvgIpc) is 2.01. The summed E-state index contributed by atoms with van der Waals surface area (Å²) in [6.07, 6.45) is -0.556. The molecule has 0 saturated heterocycles. The number of nitrogens with two attached hydrogens (primary N) is 1. The van der Waals surface area contributed by atoms with E-state index < -0.39 is 21.7 Å². The molecule has 0 radical (unpaired) electrons. The lowest BCUT2D eigenvalue weighted by molar-refractivity contribution is 0.134. The van der Waals surface area contributed by atoms with Crippen LogP contribution in [0.1, 0.15) is 0 Å². The minimum Gasteiger partial charge on any atom is -0.322 e. The smallest absolute Gasteiger partial charge is 0.322 e. The van der Waals surface area contributed by atoms with Gasteiger partial charge in [-0.05, 0) is 0 Å². The van der Waals surface area contributed by atoms with Crippen LogP contribution in [0, 0.1) is 0 Å². The van der Waals surface area contributed by atoms with E-state index in [0.717, 1.165) is 0 Å². The maximum Gasteiger partial charge on any atom is 0.469 e. The zero-order chi connectivity index (χ0) is 11.2. The highest BCUT2D eigenvalue weighted by Crippen LogP contribution is 2.38. The van der Waals surface area contributed by atoms with E-state index in [2.05, 4.69) is 9.15 Å². The first kappa shape index (κ1) is 14.2. The number of hydrogen-bond donors (Lipinski definition) is 5. The van der Waals surface area contributed by atoms with Crippen LogP contribution in [0.15, 0.2) is 0 Å². The predicted octanol–water partition coefficient (Wildman–Crippen LogP) is -1.28. The van der Waals surface area contributed by atoms with Crippen molar-refractivity contribution in [1.29, 1.82) is 0 Å². The quantitative estimate of drug-likeness (QED) is 0.211. The molecule has 1 atom stereocenters. The van der Waals surface area contributed by atoms with Crippen LogP contribution in [0.25, 0.3) is 0 Å². The molecule has 14 heavy (non-hydrogen) atoms. The van der Waals surface area contributed by atoms with Gasteiger partial charge in [-0.2, -0.15) is 5.48 Å². The fourth-order valence-corrected chi connectivity index (χ4v) is 1.09. The van der Waals surface area contributed by atoms with Crippen LogP contribution >= 0.6 is 15.4 Å². The van der Waals surface area contributed by atoms with E-state index in [-0.39, 0.29) is 13.2 Å². The topological polar surface area (TPSA) is 151 Å². The SMILES string of the molecule is NCP(=O)(O)ONCCOP(=O)(O)O. The van der Waals surface area contributed by atoms with Crippen molar-refractivity contribution in [1.82, 2.24) is 5.48 Å². The van der Waals surface area contributed by atoms with Crippen LogP contribution in [0.5, 0.6) is 0 Å². The molecule has 0 bridgehead atoms. The molecular weight excluding hydrogens is 238 g/mol. The van der Waals surface area contributed by atoms with E-state index >= 15 is 0 Å². The molecule has 86 valence electrons. The van der Waals surface area contributed by atoms with Crippen molar-refractivity contribution < 1.29 is 33.0 Å². The van der Waals surface area contributed by atoms with Gasteiger partial charge in [-0.3, -0.25) is 9.09 Å². The molecule has 0 aliphatic heterocycles. The Bertz CT molecular complexity index is 251. The van der Waals surface area contributed by atoms with Gasteiger partial charge in [-0.25, -0.2) is 9.19 Å². The average molecular weight is 250 g/mol. The Morgan fingerprint density at radius 3 is 2.29 bits per heavy atom. The molecule has 0 spiro atoms. The van der Waals surface area contributed by atoms with Gasteiger partial charge in [0.25, 0.3) is 0 Å². The van der Waals surface area contributed by atoms with Gasteiger partial charge in [0.05, 0.1) is 12.9 Å². The van der Waals surface area contributed by atoms with E-state index in [9.17, 15) is 9.13 Å². The molecule has 0 aliphatic carbocycles. The summed E-state index contributed by atoms with van der Waals surface area (Å²) < 4.78 is 29.0. The number of hydroxylamine groups is 1. The molecule has 0 aromatic carbocycles. The van der Waals surface area contributed by atoms with Crippen LogP contribution in [0.2, 0.25) is 0 Å². The summed E-state index contributed by atoms with van der Waals surface area (Å²) in [7, 11) is -8.34. The second-order valence-corrected chi connectivity index (χ2v) is 5.19. The first-order valence-corrected chi connectivity index (χ1v) is 6.69. The van der Waals surface area contributed by atoms with Crippen LogP contribution in [-0.4, -0.2) is 34.1 Å². The second kappa shape index (κ2) is 5.92. The van der Waals surface area contributed by atoms with Crippen molar-refractivity contribution >= 4 is 15.4 Å². The van der Waals surface area contributed by atoms with E-state index in [0.29, 0.717) is 0 Å². The monoisotopic (exact) mass is 250 g/mol. The van der Waals surface area contributed by atoms with Gasteiger partial charge in [0.1, 0.15) is 0 Å². The van der Waals surface area contributed by atoms with Gasteiger partial charge in [0.2, 0.25) is 0 Å². The van der Waals surface area contributed by atoms with Crippen molar-refractivity contribution in [2.75, 3.05) is 19.4 Å². The Balaban J connectivity index is 3.49. The predicted molar refractivity (Wildman–Crippen MR) is 46.0 cm³/mol. The van der Waals surface area contributed by atoms with E-state index in [4.69, 9.17) is 20.4 Å². The molecule has 0 aromatic heterocycles. The molecule has 0 heterocycles. The molecule has 0 saturated carbocycles. The molecular formula is C3H12N2O7P2. The van der Waals surface area contributed by atoms with E-state index in [1.54, 1.807) is 0 Å². The standard InChI is InChI=1S/C3H12N2O7P2/c4-3-13(6,7)12-5-1-2-11-14(8,9)10/h5H,1-4H2,(H,6,7)(H2,8,9,10). The number of nitrogens with one attached hydrogen (secondary N) is 1. The molecule has 0 fully saturated rings. The van der Waals surface area contributed by atoms with Crippen LogP contribution < -0.4 is 11.2 Å². The maximum absolute atomic E-state index is 10.7. The van der Waals surface area contributed by atoms with Crippen LogP contribution in [0.4, 0.5) is 0 Å². The largest absolute Gasteiger partial charge is 0.469 e. The third-order valence-electron chi connectivity index (χ3n) is 0.901. The summed E-state index contributed by atoms with van der Waals surface area (Å²) in [5, 5.41) is 0. The summed E-state index contributed by atoms with van der Waals surface area (Å²) in [6.45, 7) is -0.523. The molecule has 0 aromatic rings. The lowest BCUT2D eigenvalue weighted by Crippen LogP contribution is -2.20. The molecule has 0 amide bonds. The minimum absolute atomic E-state index is 0.157. The lowest BCUT2D eigenvalue weighted by atomic mass is 10.7. The Labute approximate surface area is 79.9 Å². The Morgan fingerprint density at radius 1 is 1.29 bits per heavy atom. The lowest BCUT2D eigenvalue weighted by Gasteiger charge is -2.10. The highest BCUT2D eigenvalue weighted by molar-refractivity contribution is 7.52. The van der Waals surface area contributed by atoms with Crippen molar-refractivity contribution in [2.45, 2.75) is 0 Å². The normalized spacial score (nSPS) is 16.6. The van der Waals surface area contributed by atoms with Crippen molar-refractivity contribution in [3.8, 4) is 0 Å². The van der Waals surface area contributed by atoms with Gasteiger partial charge in [0, 0.05) is 6.54 Å². The summed E-state index contributed by atoms with van der Waals surface area (Å²) >= 11 is 0. The van der Waals surface area contributed by atoms with E-state index in [1.165, 1.54) is 0 Å². The van der Waals surface area contributed by atoms with Gasteiger partial charge >= 0.3 is 15.4 Å².